The number of nitrogens with one attached hydrogen (secondary N) is 1. The van der Waals surface area contributed by atoms with Crippen LogP contribution < -0.4 is 5.32 Å². The summed E-state index contributed by atoms with van der Waals surface area (Å²) in [7, 11) is 0. The summed E-state index contributed by atoms with van der Waals surface area (Å²) in [6, 6.07) is 8.01. The Bertz CT molecular complexity index is 1030. The van der Waals surface area contributed by atoms with Crippen LogP contribution in [0.1, 0.15) is 80.1 Å². The molecule has 0 aliphatic heterocycles. The molecule has 36 heavy (non-hydrogen) atoms. The van der Waals surface area contributed by atoms with E-state index in [0.29, 0.717) is 0 Å². The predicted octanol–water partition coefficient (Wildman–Crippen LogP) is 6.49. The third-order valence-corrected chi connectivity index (χ3v) is 7.03. The molecule has 1 aromatic carbocycles. The van der Waals surface area contributed by atoms with Crippen LogP contribution in [0.2, 0.25) is 0 Å². The minimum absolute atomic E-state index is 0.0459. The molecule has 1 amide bonds. The summed E-state index contributed by atoms with van der Waals surface area (Å²) in [5, 5.41) is 2.77. The van der Waals surface area contributed by atoms with Gasteiger partial charge in [0, 0.05) is 24.0 Å². The van der Waals surface area contributed by atoms with Gasteiger partial charge in [0.05, 0.1) is 5.56 Å². The molecular formula is C27H32F3N3O3. The lowest BCUT2D eigenvalue weighted by atomic mass is 9.88. The molecule has 6 nitrogen and oxygen atoms in total. The van der Waals surface area contributed by atoms with Crippen LogP contribution in [-0.2, 0) is 15.7 Å². The minimum atomic E-state index is -4.49. The van der Waals surface area contributed by atoms with Crippen molar-refractivity contribution in [2.45, 2.75) is 82.5 Å². The molecule has 0 unspecified atom stereocenters. The fourth-order valence-corrected chi connectivity index (χ4v) is 5.28. The van der Waals surface area contributed by atoms with E-state index in [9.17, 15) is 22.8 Å². The van der Waals surface area contributed by atoms with E-state index in [1.165, 1.54) is 43.3 Å². The Kier molecular flexibility index (Phi) is 8.48. The van der Waals surface area contributed by atoms with Crippen LogP contribution in [0.3, 0.4) is 0 Å². The Morgan fingerprint density at radius 3 is 2.19 bits per heavy atom. The number of aromatic nitrogens is 1. The topological polar surface area (TPSA) is 71.5 Å². The van der Waals surface area contributed by atoms with E-state index >= 15 is 0 Å². The molecule has 2 aliphatic carbocycles. The number of alkyl halides is 3. The molecule has 2 aromatic rings. The Morgan fingerprint density at radius 1 is 0.944 bits per heavy atom. The number of hydrogen-bond acceptors (Lipinski definition) is 5. The number of carbonyl (C=O) groups excluding carboxylic acids is 2. The van der Waals surface area contributed by atoms with E-state index in [1.807, 2.05) is 4.90 Å². The number of amides is 1. The fourth-order valence-electron chi connectivity index (χ4n) is 5.28. The first-order valence-electron chi connectivity index (χ1n) is 12.7. The third-order valence-electron chi connectivity index (χ3n) is 7.03. The summed E-state index contributed by atoms with van der Waals surface area (Å²) in [6.45, 7) is -0.371. The Balaban J connectivity index is 1.44. The first-order chi connectivity index (χ1) is 17.3. The van der Waals surface area contributed by atoms with Crippen molar-refractivity contribution in [3.63, 3.8) is 0 Å². The number of halogens is 3. The maximum atomic E-state index is 13.3. The largest absolute Gasteiger partial charge is 0.452 e. The summed E-state index contributed by atoms with van der Waals surface area (Å²) in [5.74, 6) is -0.873. The lowest BCUT2D eigenvalue weighted by molar-refractivity contribution is -0.141. The molecule has 2 saturated carbocycles. The Labute approximate surface area is 209 Å². The summed E-state index contributed by atoms with van der Waals surface area (Å²) in [4.78, 5) is 32.3. The molecule has 194 valence electrons. The van der Waals surface area contributed by atoms with Crippen LogP contribution in [0.25, 0.3) is 0 Å². The zero-order valence-electron chi connectivity index (χ0n) is 20.2. The highest BCUT2D eigenvalue weighted by Crippen LogP contribution is 2.32. The highest BCUT2D eigenvalue weighted by Gasteiger charge is 2.33. The van der Waals surface area contributed by atoms with Gasteiger partial charge in [-0.2, -0.15) is 13.2 Å². The van der Waals surface area contributed by atoms with Gasteiger partial charge in [0.2, 0.25) is 0 Å². The highest BCUT2D eigenvalue weighted by atomic mass is 19.4. The number of rotatable bonds is 7. The van der Waals surface area contributed by atoms with Crippen molar-refractivity contribution < 1.29 is 27.5 Å². The number of esters is 1. The van der Waals surface area contributed by atoms with Crippen molar-refractivity contribution >= 4 is 23.4 Å². The first-order valence-corrected chi connectivity index (χ1v) is 12.7. The second-order valence-corrected chi connectivity index (χ2v) is 9.56. The number of ether oxygens (including phenoxy) is 1. The van der Waals surface area contributed by atoms with E-state index in [1.54, 1.807) is 0 Å². The van der Waals surface area contributed by atoms with E-state index in [0.717, 1.165) is 63.5 Å². The molecule has 1 heterocycles. The molecule has 0 saturated heterocycles. The van der Waals surface area contributed by atoms with Gasteiger partial charge < -0.3 is 15.0 Å². The van der Waals surface area contributed by atoms with E-state index in [-0.39, 0.29) is 41.7 Å². The zero-order chi connectivity index (χ0) is 25.5. The lowest BCUT2D eigenvalue weighted by Gasteiger charge is -2.41. The van der Waals surface area contributed by atoms with E-state index in [4.69, 9.17) is 4.74 Å². The Morgan fingerprint density at radius 2 is 1.58 bits per heavy atom. The second-order valence-electron chi connectivity index (χ2n) is 9.56. The Hall–Kier alpha value is -3.10. The van der Waals surface area contributed by atoms with Crippen LogP contribution in [0.4, 0.5) is 24.7 Å². The van der Waals surface area contributed by atoms with Gasteiger partial charge in [-0.3, -0.25) is 4.79 Å². The van der Waals surface area contributed by atoms with E-state index < -0.39 is 17.7 Å². The van der Waals surface area contributed by atoms with Gasteiger partial charge in [-0.25, -0.2) is 9.78 Å². The number of benzene rings is 1. The van der Waals surface area contributed by atoms with Crippen molar-refractivity contribution in [3.8, 4) is 0 Å². The zero-order valence-corrected chi connectivity index (χ0v) is 20.2. The van der Waals surface area contributed by atoms with Crippen LogP contribution in [-0.4, -0.2) is 40.5 Å². The van der Waals surface area contributed by atoms with Gasteiger partial charge in [0.15, 0.2) is 6.61 Å². The quantitative estimate of drug-likeness (QED) is 0.437. The fraction of sp³-hybridized carbons (Fsp3) is 0.519. The first kappa shape index (κ1) is 26.0. The van der Waals surface area contributed by atoms with Gasteiger partial charge in [0.1, 0.15) is 11.4 Å². The van der Waals surface area contributed by atoms with Crippen molar-refractivity contribution in [1.29, 1.82) is 0 Å². The van der Waals surface area contributed by atoms with Crippen molar-refractivity contribution in [1.82, 2.24) is 9.88 Å². The molecule has 1 N–H and O–H groups in total. The highest BCUT2D eigenvalue weighted by molar-refractivity contribution is 5.96. The predicted molar refractivity (Wildman–Crippen MR) is 130 cm³/mol. The molecule has 0 radical (unpaired) electrons. The molecular weight excluding hydrogens is 471 g/mol. The number of anilines is 2. The molecule has 0 spiro atoms. The van der Waals surface area contributed by atoms with E-state index in [2.05, 4.69) is 10.3 Å². The van der Waals surface area contributed by atoms with Crippen molar-refractivity contribution in [2.24, 2.45) is 0 Å². The SMILES string of the molecule is O=C(OCC(=O)N(C1CCCCC1)C1CCCCC1)c1cccnc1Nc1cccc(C(F)(F)F)c1. The smallest absolute Gasteiger partial charge is 0.416 e. The maximum absolute atomic E-state index is 13.3. The monoisotopic (exact) mass is 503 g/mol. The standard InChI is InChI=1S/C27H32F3N3O3/c28-27(29,30)19-9-7-10-20(17-19)32-25-23(15-8-16-31-25)26(35)36-18-24(34)33(21-11-3-1-4-12-21)22-13-5-2-6-14-22/h7-10,15-17,21-22H,1-6,11-14,18H2,(H,31,32). The molecule has 0 bridgehead atoms. The summed E-state index contributed by atoms with van der Waals surface area (Å²) in [6.07, 6.45) is 7.59. The lowest BCUT2D eigenvalue weighted by Crippen LogP contribution is -2.50. The van der Waals surface area contributed by atoms with Gasteiger partial charge in [0.25, 0.3) is 5.91 Å². The van der Waals surface area contributed by atoms with Gasteiger partial charge in [-0.15, -0.1) is 0 Å². The summed E-state index contributed by atoms with van der Waals surface area (Å²) < 4.78 is 44.6. The van der Waals surface area contributed by atoms with Crippen LogP contribution in [0.15, 0.2) is 42.6 Å². The second kappa shape index (κ2) is 11.8. The third kappa shape index (κ3) is 6.56. The molecule has 2 aliphatic rings. The molecule has 2 fully saturated rings. The minimum Gasteiger partial charge on any atom is -0.452 e. The number of hydrogen-bond donors (Lipinski definition) is 1. The summed E-state index contributed by atoms with van der Waals surface area (Å²) >= 11 is 0. The molecule has 4 rings (SSSR count). The van der Waals surface area contributed by atoms with Gasteiger partial charge >= 0.3 is 12.1 Å². The number of pyridine rings is 1. The average Bonchev–Trinajstić information content (AvgIpc) is 2.89. The van der Waals surface area contributed by atoms with Crippen LogP contribution in [0.5, 0.6) is 0 Å². The van der Waals surface area contributed by atoms with Crippen LogP contribution >= 0.6 is 0 Å². The number of carbonyl (C=O) groups is 2. The van der Waals surface area contributed by atoms with Gasteiger partial charge in [-0.1, -0.05) is 44.6 Å². The van der Waals surface area contributed by atoms with Crippen molar-refractivity contribution in [3.05, 3.63) is 53.7 Å². The normalized spacial score (nSPS) is 17.4. The average molecular weight is 504 g/mol. The summed E-state index contributed by atoms with van der Waals surface area (Å²) in [5.41, 5.74) is -0.636. The van der Waals surface area contributed by atoms with Crippen molar-refractivity contribution in [2.75, 3.05) is 11.9 Å². The molecule has 1 aromatic heterocycles. The molecule has 9 heteroatoms. The van der Waals surface area contributed by atoms with Crippen LogP contribution in [0, 0.1) is 0 Å². The number of nitrogens with zero attached hydrogens (tertiary/aromatic N) is 2. The maximum Gasteiger partial charge on any atom is 0.416 e. The molecule has 0 atom stereocenters. The van der Waals surface area contributed by atoms with Gasteiger partial charge in [-0.05, 0) is 56.0 Å².